The number of benzene rings is 3. The number of nitrogens with zero attached hydrogens (tertiary/aromatic N) is 1. The summed E-state index contributed by atoms with van der Waals surface area (Å²) in [5.41, 5.74) is 4.96. The molecule has 0 atom stereocenters. The zero-order chi connectivity index (χ0) is 17.4. The molecule has 3 aromatic carbocycles. The van der Waals surface area contributed by atoms with Crippen LogP contribution in [0.25, 0.3) is 11.6 Å². The van der Waals surface area contributed by atoms with Crippen molar-refractivity contribution in [3.63, 3.8) is 0 Å². The molecule has 0 spiro atoms. The Bertz CT molecular complexity index is 982. The highest BCUT2D eigenvalue weighted by Crippen LogP contribution is 2.37. The Morgan fingerprint density at radius 2 is 1.20 bits per heavy atom. The van der Waals surface area contributed by atoms with E-state index in [0.29, 0.717) is 11.1 Å². The molecule has 1 aliphatic rings. The molecule has 0 saturated carbocycles. The Hall–Kier alpha value is -3.53. The number of rotatable bonds is 2. The number of carbonyl (C=O) groups is 1. The molecule has 0 bridgehead atoms. The van der Waals surface area contributed by atoms with Gasteiger partial charge in [-0.05, 0) is 40.5 Å². The number of ketones is 1. The summed E-state index contributed by atoms with van der Waals surface area (Å²) in [5, 5.41) is 10.8. The van der Waals surface area contributed by atoms with Gasteiger partial charge in [-0.15, -0.1) is 0 Å². The smallest absolute Gasteiger partial charge is 0.269 e. The van der Waals surface area contributed by atoms with E-state index in [-0.39, 0.29) is 11.5 Å². The van der Waals surface area contributed by atoms with Gasteiger partial charge in [0.15, 0.2) is 5.78 Å². The van der Waals surface area contributed by atoms with Crippen LogP contribution in [0.2, 0.25) is 0 Å². The standard InChI is InChI=1S/C21H13NO3/c23-21-18-7-3-1-5-16(18)20(17-6-2-4-8-19(17)21)13-14-9-11-15(12-10-14)22(24)25/h1-13H. The van der Waals surface area contributed by atoms with Crippen LogP contribution in [0.4, 0.5) is 5.69 Å². The first-order chi connectivity index (χ1) is 12.1. The number of non-ortho nitro benzene ring substituents is 1. The monoisotopic (exact) mass is 327 g/mol. The summed E-state index contributed by atoms with van der Waals surface area (Å²) in [7, 11) is 0. The zero-order valence-corrected chi connectivity index (χ0v) is 13.2. The largest absolute Gasteiger partial charge is 0.289 e. The SMILES string of the molecule is O=C1c2ccccc2C(=Cc2ccc([N+](=O)[O-])cc2)c2ccccc21. The topological polar surface area (TPSA) is 60.2 Å². The minimum atomic E-state index is -0.416. The summed E-state index contributed by atoms with van der Waals surface area (Å²) >= 11 is 0. The van der Waals surface area contributed by atoms with Crippen LogP contribution >= 0.6 is 0 Å². The Morgan fingerprint density at radius 1 is 0.720 bits per heavy atom. The Morgan fingerprint density at radius 3 is 1.68 bits per heavy atom. The maximum Gasteiger partial charge on any atom is 0.269 e. The maximum atomic E-state index is 12.7. The molecule has 0 saturated heterocycles. The van der Waals surface area contributed by atoms with Gasteiger partial charge < -0.3 is 0 Å². The highest BCUT2D eigenvalue weighted by atomic mass is 16.6. The van der Waals surface area contributed by atoms with E-state index < -0.39 is 4.92 Å². The van der Waals surface area contributed by atoms with Crippen LogP contribution in [-0.2, 0) is 0 Å². The molecule has 0 heterocycles. The van der Waals surface area contributed by atoms with Crippen molar-refractivity contribution in [2.45, 2.75) is 0 Å². The van der Waals surface area contributed by atoms with E-state index in [1.165, 1.54) is 12.1 Å². The van der Waals surface area contributed by atoms with Crippen molar-refractivity contribution >= 4 is 23.1 Å². The second-order valence-electron chi connectivity index (χ2n) is 5.83. The van der Waals surface area contributed by atoms with Crippen molar-refractivity contribution in [2.75, 3.05) is 0 Å². The predicted octanol–water partition coefficient (Wildman–Crippen LogP) is 4.73. The second kappa shape index (κ2) is 5.83. The molecule has 120 valence electrons. The molecule has 0 aliphatic heterocycles. The van der Waals surface area contributed by atoms with Gasteiger partial charge in [0.25, 0.3) is 5.69 Å². The highest BCUT2D eigenvalue weighted by Gasteiger charge is 2.26. The quantitative estimate of drug-likeness (QED) is 0.395. The predicted molar refractivity (Wildman–Crippen MR) is 96.4 cm³/mol. The third kappa shape index (κ3) is 2.54. The van der Waals surface area contributed by atoms with E-state index in [1.807, 2.05) is 54.6 Å². The van der Waals surface area contributed by atoms with Crippen LogP contribution in [0.1, 0.15) is 32.6 Å². The van der Waals surface area contributed by atoms with Gasteiger partial charge >= 0.3 is 0 Å². The molecule has 3 aromatic rings. The molecule has 0 unspecified atom stereocenters. The molecule has 1 aliphatic carbocycles. The summed E-state index contributed by atoms with van der Waals surface area (Å²) < 4.78 is 0. The van der Waals surface area contributed by atoms with Crippen LogP contribution in [-0.4, -0.2) is 10.7 Å². The van der Waals surface area contributed by atoms with Crippen molar-refractivity contribution in [1.82, 2.24) is 0 Å². The van der Waals surface area contributed by atoms with Crippen molar-refractivity contribution in [3.05, 3.63) is 111 Å². The number of carbonyl (C=O) groups excluding carboxylic acids is 1. The highest BCUT2D eigenvalue weighted by molar-refractivity contribution is 6.20. The number of nitro benzene ring substituents is 1. The van der Waals surface area contributed by atoms with E-state index in [0.717, 1.165) is 22.3 Å². The van der Waals surface area contributed by atoms with Gasteiger partial charge in [0, 0.05) is 23.3 Å². The van der Waals surface area contributed by atoms with Crippen LogP contribution in [0.5, 0.6) is 0 Å². The van der Waals surface area contributed by atoms with Crippen LogP contribution in [0.15, 0.2) is 72.8 Å². The van der Waals surface area contributed by atoms with Gasteiger partial charge in [-0.2, -0.15) is 0 Å². The first kappa shape index (κ1) is 15.0. The molecule has 0 aromatic heterocycles. The van der Waals surface area contributed by atoms with Crippen LogP contribution in [0, 0.1) is 10.1 Å². The lowest BCUT2D eigenvalue weighted by Crippen LogP contribution is -2.14. The minimum Gasteiger partial charge on any atom is -0.289 e. The molecule has 0 fully saturated rings. The fourth-order valence-electron chi connectivity index (χ4n) is 3.14. The van der Waals surface area contributed by atoms with Crippen molar-refractivity contribution in [2.24, 2.45) is 0 Å². The number of hydrogen-bond donors (Lipinski definition) is 0. The number of hydrogen-bond acceptors (Lipinski definition) is 3. The molecule has 0 radical (unpaired) electrons. The van der Waals surface area contributed by atoms with E-state index in [9.17, 15) is 14.9 Å². The summed E-state index contributed by atoms with van der Waals surface area (Å²) in [6.45, 7) is 0. The van der Waals surface area contributed by atoms with E-state index in [1.54, 1.807) is 12.1 Å². The molecule has 4 heteroatoms. The normalized spacial score (nSPS) is 12.3. The summed E-state index contributed by atoms with van der Waals surface area (Å²) in [4.78, 5) is 23.1. The van der Waals surface area contributed by atoms with Crippen molar-refractivity contribution in [1.29, 1.82) is 0 Å². The summed E-state index contributed by atoms with van der Waals surface area (Å²) in [6, 6.07) is 21.4. The molecule has 4 nitrogen and oxygen atoms in total. The fourth-order valence-corrected chi connectivity index (χ4v) is 3.14. The minimum absolute atomic E-state index is 0.0204. The van der Waals surface area contributed by atoms with E-state index in [2.05, 4.69) is 0 Å². The van der Waals surface area contributed by atoms with Gasteiger partial charge in [0.2, 0.25) is 0 Å². The van der Waals surface area contributed by atoms with Crippen LogP contribution in [0.3, 0.4) is 0 Å². The first-order valence-electron chi connectivity index (χ1n) is 7.85. The lowest BCUT2D eigenvalue weighted by Gasteiger charge is -2.21. The van der Waals surface area contributed by atoms with Gasteiger partial charge in [-0.25, -0.2) is 0 Å². The fraction of sp³-hybridized carbons (Fsp3) is 0. The zero-order valence-electron chi connectivity index (χ0n) is 13.2. The number of fused-ring (bicyclic) bond motifs is 2. The van der Waals surface area contributed by atoms with Gasteiger partial charge in [0.05, 0.1) is 4.92 Å². The van der Waals surface area contributed by atoms with Crippen molar-refractivity contribution < 1.29 is 9.72 Å². The second-order valence-corrected chi connectivity index (χ2v) is 5.83. The third-order valence-electron chi connectivity index (χ3n) is 4.34. The Labute approximate surface area is 144 Å². The average molecular weight is 327 g/mol. The Balaban J connectivity index is 1.91. The molecular weight excluding hydrogens is 314 g/mol. The lowest BCUT2D eigenvalue weighted by molar-refractivity contribution is -0.384. The Kier molecular flexibility index (Phi) is 3.51. The summed E-state index contributed by atoms with van der Waals surface area (Å²) in [5.74, 6) is 0.0204. The lowest BCUT2D eigenvalue weighted by atomic mass is 9.81. The average Bonchev–Trinajstić information content (AvgIpc) is 2.65. The third-order valence-corrected chi connectivity index (χ3v) is 4.34. The molecule has 0 N–H and O–H groups in total. The van der Waals surface area contributed by atoms with Gasteiger partial charge in [0.1, 0.15) is 0 Å². The molecular formula is C21H13NO3. The van der Waals surface area contributed by atoms with Gasteiger partial charge in [-0.3, -0.25) is 14.9 Å². The van der Waals surface area contributed by atoms with Crippen molar-refractivity contribution in [3.8, 4) is 0 Å². The van der Waals surface area contributed by atoms with E-state index in [4.69, 9.17) is 0 Å². The molecule has 4 rings (SSSR count). The number of nitro groups is 1. The first-order valence-corrected chi connectivity index (χ1v) is 7.85. The molecule has 25 heavy (non-hydrogen) atoms. The van der Waals surface area contributed by atoms with Gasteiger partial charge in [-0.1, -0.05) is 48.5 Å². The summed E-state index contributed by atoms with van der Waals surface area (Å²) in [6.07, 6.45) is 1.97. The maximum absolute atomic E-state index is 12.7. The van der Waals surface area contributed by atoms with E-state index >= 15 is 0 Å². The molecule has 0 amide bonds. The van der Waals surface area contributed by atoms with Crippen LogP contribution < -0.4 is 0 Å².